The number of anilines is 1. The molecule has 0 amide bonds. The summed E-state index contributed by atoms with van der Waals surface area (Å²) >= 11 is 1.88. The second-order valence-electron chi connectivity index (χ2n) is 4.29. The summed E-state index contributed by atoms with van der Waals surface area (Å²) in [4.78, 5) is 5.74. The van der Waals surface area contributed by atoms with Gasteiger partial charge in [0.1, 0.15) is 5.82 Å². The van der Waals surface area contributed by atoms with E-state index in [1.165, 1.54) is 4.90 Å². The summed E-state index contributed by atoms with van der Waals surface area (Å²) in [6.45, 7) is 5.14. The highest BCUT2D eigenvalue weighted by Gasteiger charge is 2.04. The minimum absolute atomic E-state index is 0.509. The zero-order valence-electron chi connectivity index (χ0n) is 10.8. The van der Waals surface area contributed by atoms with Crippen molar-refractivity contribution in [3.05, 3.63) is 54.2 Å². The lowest BCUT2D eigenvalue weighted by atomic mass is 10.3. The smallest absolute Gasteiger partial charge is 0.126 e. The van der Waals surface area contributed by atoms with Gasteiger partial charge in [-0.25, -0.2) is 4.98 Å². The van der Waals surface area contributed by atoms with Crippen LogP contribution in [0.4, 0.5) is 5.82 Å². The second kappa shape index (κ2) is 6.45. The molecule has 0 aliphatic rings. The Morgan fingerprint density at radius 3 is 2.61 bits per heavy atom. The number of pyridine rings is 1. The Morgan fingerprint density at radius 1 is 1.11 bits per heavy atom. The standard InChI is InChI=1S/C15H18N2S/c1-12-7-6-10-15(17-12)16-11-13(2)18-14-8-4-3-5-9-14/h3-10,13H,11H2,1-2H3,(H,16,17). The van der Waals surface area contributed by atoms with Gasteiger partial charge in [0, 0.05) is 22.4 Å². The summed E-state index contributed by atoms with van der Waals surface area (Å²) in [6.07, 6.45) is 0. The van der Waals surface area contributed by atoms with Crippen LogP contribution < -0.4 is 5.32 Å². The molecule has 1 N–H and O–H groups in total. The molecule has 3 heteroatoms. The average molecular weight is 258 g/mol. The second-order valence-corrected chi connectivity index (χ2v) is 5.80. The summed E-state index contributed by atoms with van der Waals surface area (Å²) in [5.74, 6) is 0.954. The number of benzene rings is 1. The Bertz CT molecular complexity index is 485. The molecule has 0 saturated carbocycles. The van der Waals surface area contributed by atoms with Crippen LogP contribution in [0.2, 0.25) is 0 Å². The van der Waals surface area contributed by atoms with Crippen molar-refractivity contribution in [3.63, 3.8) is 0 Å². The van der Waals surface area contributed by atoms with E-state index < -0.39 is 0 Å². The minimum Gasteiger partial charge on any atom is -0.369 e. The van der Waals surface area contributed by atoms with E-state index in [2.05, 4.69) is 41.5 Å². The van der Waals surface area contributed by atoms with Gasteiger partial charge in [0.05, 0.1) is 0 Å². The van der Waals surface area contributed by atoms with Gasteiger partial charge in [0.2, 0.25) is 0 Å². The van der Waals surface area contributed by atoms with Gasteiger partial charge >= 0.3 is 0 Å². The van der Waals surface area contributed by atoms with Crippen molar-refractivity contribution in [2.24, 2.45) is 0 Å². The van der Waals surface area contributed by atoms with Gasteiger partial charge in [-0.05, 0) is 31.2 Å². The number of aromatic nitrogens is 1. The molecule has 2 nitrogen and oxygen atoms in total. The third-order valence-electron chi connectivity index (χ3n) is 2.54. The number of hydrogen-bond donors (Lipinski definition) is 1. The number of rotatable bonds is 5. The summed E-state index contributed by atoms with van der Waals surface area (Å²) < 4.78 is 0. The Balaban J connectivity index is 1.83. The van der Waals surface area contributed by atoms with Crippen molar-refractivity contribution in [1.29, 1.82) is 0 Å². The molecule has 1 aromatic heterocycles. The monoisotopic (exact) mass is 258 g/mol. The zero-order chi connectivity index (χ0) is 12.8. The molecule has 2 aromatic rings. The first-order chi connectivity index (χ1) is 8.74. The molecule has 0 aliphatic carbocycles. The molecule has 0 spiro atoms. The quantitative estimate of drug-likeness (QED) is 0.821. The molecule has 0 bridgehead atoms. The molecule has 94 valence electrons. The number of nitrogens with zero attached hydrogens (tertiary/aromatic N) is 1. The summed E-state index contributed by atoms with van der Waals surface area (Å²) in [7, 11) is 0. The highest BCUT2D eigenvalue weighted by atomic mass is 32.2. The van der Waals surface area contributed by atoms with E-state index in [1.807, 2.05) is 43.0 Å². The fraction of sp³-hybridized carbons (Fsp3) is 0.267. The number of aryl methyl sites for hydroxylation is 1. The van der Waals surface area contributed by atoms with Crippen LogP contribution in [0.1, 0.15) is 12.6 Å². The van der Waals surface area contributed by atoms with Crippen LogP contribution >= 0.6 is 11.8 Å². The van der Waals surface area contributed by atoms with Crippen LogP contribution in [0.5, 0.6) is 0 Å². The first kappa shape index (κ1) is 13.0. The molecule has 0 fully saturated rings. The lowest BCUT2D eigenvalue weighted by Gasteiger charge is -2.13. The van der Waals surface area contributed by atoms with E-state index in [1.54, 1.807) is 0 Å². The van der Waals surface area contributed by atoms with Crippen molar-refractivity contribution in [1.82, 2.24) is 4.98 Å². The van der Waals surface area contributed by atoms with Crippen molar-refractivity contribution in [2.45, 2.75) is 24.0 Å². The van der Waals surface area contributed by atoms with Crippen molar-refractivity contribution >= 4 is 17.6 Å². The Kier molecular flexibility index (Phi) is 4.65. The minimum atomic E-state index is 0.509. The van der Waals surface area contributed by atoms with Crippen LogP contribution in [-0.2, 0) is 0 Å². The van der Waals surface area contributed by atoms with Crippen LogP contribution in [0, 0.1) is 6.92 Å². The molecular formula is C15H18N2S. The average Bonchev–Trinajstić information content (AvgIpc) is 2.38. The molecule has 0 radical (unpaired) electrons. The molecule has 1 unspecified atom stereocenters. The normalized spacial score (nSPS) is 12.1. The van der Waals surface area contributed by atoms with Gasteiger partial charge in [0.25, 0.3) is 0 Å². The first-order valence-corrected chi connectivity index (χ1v) is 7.01. The largest absolute Gasteiger partial charge is 0.369 e. The highest BCUT2D eigenvalue weighted by molar-refractivity contribution is 8.00. The molecule has 1 heterocycles. The molecule has 2 rings (SSSR count). The van der Waals surface area contributed by atoms with Crippen molar-refractivity contribution < 1.29 is 0 Å². The van der Waals surface area contributed by atoms with Gasteiger partial charge in [-0.1, -0.05) is 31.2 Å². The third kappa shape index (κ3) is 4.08. The third-order valence-corrected chi connectivity index (χ3v) is 3.65. The summed E-state index contributed by atoms with van der Waals surface area (Å²) in [5.41, 5.74) is 1.04. The fourth-order valence-electron chi connectivity index (χ4n) is 1.66. The van der Waals surface area contributed by atoms with E-state index in [0.717, 1.165) is 18.1 Å². The molecule has 0 aliphatic heterocycles. The Labute approximate surface area is 113 Å². The van der Waals surface area contributed by atoms with Gasteiger partial charge in [-0.2, -0.15) is 0 Å². The zero-order valence-corrected chi connectivity index (χ0v) is 11.6. The Hall–Kier alpha value is -1.48. The highest BCUT2D eigenvalue weighted by Crippen LogP contribution is 2.22. The number of nitrogens with one attached hydrogen (secondary N) is 1. The maximum Gasteiger partial charge on any atom is 0.126 e. The van der Waals surface area contributed by atoms with Gasteiger partial charge in [-0.3, -0.25) is 0 Å². The first-order valence-electron chi connectivity index (χ1n) is 6.13. The molecule has 1 atom stereocenters. The number of thioether (sulfide) groups is 1. The molecular weight excluding hydrogens is 240 g/mol. The Morgan fingerprint density at radius 2 is 1.89 bits per heavy atom. The topological polar surface area (TPSA) is 24.9 Å². The maximum absolute atomic E-state index is 4.43. The maximum atomic E-state index is 4.43. The molecule has 1 aromatic carbocycles. The van der Waals surface area contributed by atoms with Crippen LogP contribution in [0.25, 0.3) is 0 Å². The van der Waals surface area contributed by atoms with Crippen molar-refractivity contribution in [3.8, 4) is 0 Å². The van der Waals surface area contributed by atoms with Crippen LogP contribution in [-0.4, -0.2) is 16.8 Å². The van der Waals surface area contributed by atoms with E-state index in [-0.39, 0.29) is 0 Å². The van der Waals surface area contributed by atoms with E-state index in [9.17, 15) is 0 Å². The van der Waals surface area contributed by atoms with E-state index in [4.69, 9.17) is 0 Å². The predicted molar refractivity (Wildman–Crippen MR) is 79.2 cm³/mol. The van der Waals surface area contributed by atoms with E-state index in [0.29, 0.717) is 5.25 Å². The summed E-state index contributed by atoms with van der Waals surface area (Å²) in [6, 6.07) is 16.5. The van der Waals surface area contributed by atoms with Gasteiger partial charge in [-0.15, -0.1) is 11.8 Å². The van der Waals surface area contributed by atoms with Gasteiger partial charge < -0.3 is 5.32 Å². The molecule has 18 heavy (non-hydrogen) atoms. The lowest BCUT2D eigenvalue weighted by Crippen LogP contribution is -2.13. The van der Waals surface area contributed by atoms with Crippen molar-refractivity contribution in [2.75, 3.05) is 11.9 Å². The summed E-state index contributed by atoms with van der Waals surface area (Å²) in [5, 5.41) is 3.88. The van der Waals surface area contributed by atoms with Gasteiger partial charge in [0.15, 0.2) is 0 Å². The van der Waals surface area contributed by atoms with Crippen LogP contribution in [0.15, 0.2) is 53.4 Å². The molecule has 0 saturated heterocycles. The van der Waals surface area contributed by atoms with E-state index >= 15 is 0 Å². The number of hydrogen-bond acceptors (Lipinski definition) is 3. The lowest BCUT2D eigenvalue weighted by molar-refractivity contribution is 0.983. The SMILES string of the molecule is Cc1cccc(NCC(C)Sc2ccccc2)n1. The fourth-order valence-corrected chi connectivity index (χ4v) is 2.61. The predicted octanol–water partition coefficient (Wildman–Crippen LogP) is 3.98. The van der Waals surface area contributed by atoms with Crippen LogP contribution in [0.3, 0.4) is 0 Å².